The fourth-order valence-corrected chi connectivity index (χ4v) is 3.49. The summed E-state index contributed by atoms with van der Waals surface area (Å²) in [5.74, 6) is 1.46. The van der Waals surface area contributed by atoms with E-state index in [0.717, 1.165) is 17.4 Å². The molecule has 0 aliphatic carbocycles. The number of terminal acetylenes is 1. The normalized spacial score (nSPS) is 11.4. The Labute approximate surface area is 157 Å². The Bertz CT molecular complexity index is 1100. The highest BCUT2D eigenvalue weighted by Gasteiger charge is 2.13. The van der Waals surface area contributed by atoms with Crippen LogP contribution >= 0.6 is 11.3 Å². The molecule has 0 saturated heterocycles. The zero-order valence-corrected chi connectivity index (χ0v) is 15.1. The first kappa shape index (κ1) is 18.6. The Kier molecular flexibility index (Phi) is 5.52. The molecule has 27 heavy (non-hydrogen) atoms. The summed E-state index contributed by atoms with van der Waals surface area (Å²) >= 11 is 0.975. The first-order valence-electron chi connectivity index (χ1n) is 7.78. The summed E-state index contributed by atoms with van der Waals surface area (Å²) in [7, 11) is 1.55. The summed E-state index contributed by atoms with van der Waals surface area (Å²) in [4.78, 5) is 16.3. The molecule has 2 aromatic carbocycles. The molecule has 0 spiro atoms. The molecule has 1 aromatic heterocycles. The van der Waals surface area contributed by atoms with Gasteiger partial charge in [0.1, 0.15) is 17.3 Å². The molecular weight excluding hydrogens is 374 g/mol. The summed E-state index contributed by atoms with van der Waals surface area (Å²) in [6, 6.07) is 8.64. The minimum Gasteiger partial charge on any atom is -0.497 e. The van der Waals surface area contributed by atoms with Gasteiger partial charge in [-0.1, -0.05) is 17.3 Å². The predicted molar refractivity (Wildman–Crippen MR) is 97.6 cm³/mol. The fourth-order valence-electron chi connectivity index (χ4n) is 2.41. The lowest BCUT2D eigenvalue weighted by atomic mass is 10.3. The molecule has 0 aliphatic rings. The van der Waals surface area contributed by atoms with E-state index < -0.39 is 17.5 Å². The number of amides is 1. The number of nitrogens with zero attached hydrogens (tertiary/aromatic N) is 2. The number of carbonyl (C=O) groups excluding carboxylic acids is 1. The molecule has 0 saturated carbocycles. The standard InChI is InChI=1S/C19H14F2N2O3S/c1-3-8-23-18-15(21)9-12(20)10-16(18)27-19(23)22-17(24)11-26-14-6-4-13(25-2)5-7-14/h1,4-7,9-10H,8,11H2,2H3. The predicted octanol–water partition coefficient (Wildman–Crippen LogP) is 3.13. The van der Waals surface area contributed by atoms with Crippen LogP contribution in [-0.4, -0.2) is 24.2 Å². The van der Waals surface area contributed by atoms with Crippen molar-refractivity contribution in [1.82, 2.24) is 4.57 Å². The van der Waals surface area contributed by atoms with Crippen LogP contribution in [0.4, 0.5) is 8.78 Å². The molecule has 1 heterocycles. The zero-order valence-electron chi connectivity index (χ0n) is 14.2. The van der Waals surface area contributed by atoms with Crippen LogP contribution in [0.2, 0.25) is 0 Å². The molecule has 138 valence electrons. The SMILES string of the molecule is C#CCn1c(=NC(=O)COc2ccc(OC)cc2)sc2cc(F)cc(F)c21. The van der Waals surface area contributed by atoms with Crippen LogP contribution in [0.15, 0.2) is 41.4 Å². The number of fused-ring (bicyclic) bond motifs is 1. The van der Waals surface area contributed by atoms with Crippen molar-refractivity contribution in [1.29, 1.82) is 0 Å². The Morgan fingerprint density at radius 3 is 2.63 bits per heavy atom. The van der Waals surface area contributed by atoms with Crippen molar-refractivity contribution < 1.29 is 23.0 Å². The van der Waals surface area contributed by atoms with Crippen LogP contribution in [-0.2, 0) is 11.3 Å². The molecule has 3 aromatic rings. The second kappa shape index (κ2) is 8.01. The maximum absolute atomic E-state index is 14.1. The lowest BCUT2D eigenvalue weighted by Crippen LogP contribution is -2.19. The highest BCUT2D eigenvalue weighted by molar-refractivity contribution is 7.16. The lowest BCUT2D eigenvalue weighted by molar-refractivity contribution is -0.120. The molecule has 0 aliphatic heterocycles. The molecule has 5 nitrogen and oxygen atoms in total. The van der Waals surface area contributed by atoms with Crippen LogP contribution in [0.5, 0.6) is 11.5 Å². The second-order valence-corrected chi connectivity index (χ2v) is 6.39. The van der Waals surface area contributed by atoms with Crippen molar-refractivity contribution >= 4 is 27.5 Å². The summed E-state index contributed by atoms with van der Waals surface area (Å²) in [5.41, 5.74) is 0.113. The molecule has 0 atom stereocenters. The molecule has 0 unspecified atom stereocenters. The van der Waals surface area contributed by atoms with Gasteiger partial charge in [0.2, 0.25) is 0 Å². The smallest absolute Gasteiger partial charge is 0.286 e. The van der Waals surface area contributed by atoms with Crippen molar-refractivity contribution in [2.24, 2.45) is 4.99 Å². The van der Waals surface area contributed by atoms with Crippen molar-refractivity contribution in [2.45, 2.75) is 6.54 Å². The van der Waals surface area contributed by atoms with Gasteiger partial charge in [-0.2, -0.15) is 4.99 Å². The first-order valence-corrected chi connectivity index (χ1v) is 8.59. The number of thiazole rings is 1. The van der Waals surface area contributed by atoms with Crippen LogP contribution < -0.4 is 14.3 Å². The summed E-state index contributed by atoms with van der Waals surface area (Å²) < 4.78 is 39.7. The van der Waals surface area contributed by atoms with Gasteiger partial charge in [0.05, 0.1) is 23.9 Å². The van der Waals surface area contributed by atoms with E-state index in [1.165, 1.54) is 10.6 Å². The van der Waals surface area contributed by atoms with Gasteiger partial charge in [-0.3, -0.25) is 4.79 Å². The average molecular weight is 388 g/mol. The van der Waals surface area contributed by atoms with Crippen LogP contribution in [0.3, 0.4) is 0 Å². The Balaban J connectivity index is 1.87. The van der Waals surface area contributed by atoms with Gasteiger partial charge in [-0.05, 0) is 30.3 Å². The van der Waals surface area contributed by atoms with Crippen LogP contribution in [0, 0.1) is 24.0 Å². The van der Waals surface area contributed by atoms with E-state index in [9.17, 15) is 13.6 Å². The first-order chi connectivity index (χ1) is 13.0. The molecule has 0 radical (unpaired) electrons. The summed E-state index contributed by atoms with van der Waals surface area (Å²) in [5, 5.41) is 0. The largest absolute Gasteiger partial charge is 0.497 e. The monoisotopic (exact) mass is 388 g/mol. The third kappa shape index (κ3) is 4.15. The Hall–Kier alpha value is -3.18. The van der Waals surface area contributed by atoms with Gasteiger partial charge in [0, 0.05) is 6.07 Å². The topological polar surface area (TPSA) is 52.8 Å². The maximum Gasteiger partial charge on any atom is 0.286 e. The van der Waals surface area contributed by atoms with E-state index in [2.05, 4.69) is 10.9 Å². The van der Waals surface area contributed by atoms with Gasteiger partial charge in [-0.25, -0.2) is 8.78 Å². The number of aromatic nitrogens is 1. The van der Waals surface area contributed by atoms with E-state index >= 15 is 0 Å². The molecule has 0 bridgehead atoms. The maximum atomic E-state index is 14.1. The molecule has 0 fully saturated rings. The fraction of sp³-hybridized carbons (Fsp3) is 0.158. The van der Waals surface area contributed by atoms with Gasteiger partial charge >= 0.3 is 0 Å². The Morgan fingerprint density at radius 2 is 1.96 bits per heavy atom. The van der Waals surface area contributed by atoms with Gasteiger partial charge in [0.25, 0.3) is 5.91 Å². The number of carbonyl (C=O) groups is 1. The Morgan fingerprint density at radius 1 is 1.26 bits per heavy atom. The minimum atomic E-state index is -0.764. The average Bonchev–Trinajstić information content (AvgIpc) is 2.98. The molecule has 8 heteroatoms. The number of hydrogen-bond donors (Lipinski definition) is 0. The highest BCUT2D eigenvalue weighted by atomic mass is 32.1. The van der Waals surface area contributed by atoms with Crippen molar-refractivity contribution in [3.05, 3.63) is 52.8 Å². The number of halogens is 2. The molecular formula is C19H14F2N2O3S. The lowest BCUT2D eigenvalue weighted by Gasteiger charge is -2.04. The van der Waals surface area contributed by atoms with E-state index in [0.29, 0.717) is 16.2 Å². The van der Waals surface area contributed by atoms with Crippen molar-refractivity contribution in [3.63, 3.8) is 0 Å². The molecule has 1 amide bonds. The van der Waals surface area contributed by atoms with Crippen molar-refractivity contribution in [3.8, 4) is 23.8 Å². The highest BCUT2D eigenvalue weighted by Crippen LogP contribution is 2.22. The minimum absolute atomic E-state index is 0.00595. The molecule has 3 rings (SSSR count). The zero-order chi connectivity index (χ0) is 19.4. The van der Waals surface area contributed by atoms with Crippen LogP contribution in [0.25, 0.3) is 10.2 Å². The number of hydrogen-bond acceptors (Lipinski definition) is 4. The van der Waals surface area contributed by atoms with E-state index in [-0.39, 0.29) is 23.5 Å². The number of ether oxygens (including phenoxy) is 2. The number of rotatable bonds is 5. The third-order valence-corrected chi connectivity index (χ3v) is 4.61. The number of methoxy groups -OCH3 is 1. The van der Waals surface area contributed by atoms with E-state index in [1.54, 1.807) is 31.4 Å². The van der Waals surface area contributed by atoms with Gasteiger partial charge in [0.15, 0.2) is 17.2 Å². The van der Waals surface area contributed by atoms with E-state index in [4.69, 9.17) is 15.9 Å². The van der Waals surface area contributed by atoms with Gasteiger partial charge in [-0.15, -0.1) is 6.42 Å². The summed E-state index contributed by atoms with van der Waals surface area (Å²) in [6.07, 6.45) is 5.32. The quantitative estimate of drug-likeness (QED) is 0.631. The molecule has 0 N–H and O–H groups in total. The van der Waals surface area contributed by atoms with E-state index in [1.807, 2.05) is 0 Å². The number of benzene rings is 2. The van der Waals surface area contributed by atoms with Crippen LogP contribution in [0.1, 0.15) is 0 Å². The second-order valence-electron chi connectivity index (χ2n) is 5.38. The third-order valence-electron chi connectivity index (χ3n) is 3.59. The summed E-state index contributed by atoms with van der Waals surface area (Å²) in [6.45, 7) is -0.318. The van der Waals surface area contributed by atoms with Crippen molar-refractivity contribution in [2.75, 3.05) is 13.7 Å². The van der Waals surface area contributed by atoms with Gasteiger partial charge < -0.3 is 14.0 Å².